The number of non-ortho nitro benzene ring substituents is 1. The van der Waals surface area contributed by atoms with Gasteiger partial charge in [0.15, 0.2) is 0 Å². The van der Waals surface area contributed by atoms with Crippen LogP contribution in [0.15, 0.2) is 18.2 Å². The highest BCUT2D eigenvalue weighted by molar-refractivity contribution is 6.21. The van der Waals surface area contributed by atoms with Crippen molar-refractivity contribution in [1.29, 1.82) is 0 Å². The van der Waals surface area contributed by atoms with Crippen LogP contribution < -0.4 is 4.74 Å². The van der Waals surface area contributed by atoms with Gasteiger partial charge in [0.2, 0.25) is 0 Å². The molecular formula is C15H20ClNO3. The van der Waals surface area contributed by atoms with Gasteiger partial charge in [-0.3, -0.25) is 10.1 Å². The third kappa shape index (κ3) is 2.37. The summed E-state index contributed by atoms with van der Waals surface area (Å²) in [6.45, 7) is 6.14. The molecule has 0 heterocycles. The van der Waals surface area contributed by atoms with Crippen LogP contribution in [-0.2, 0) is 0 Å². The smallest absolute Gasteiger partial charge is 0.273 e. The van der Waals surface area contributed by atoms with E-state index in [2.05, 4.69) is 13.8 Å². The summed E-state index contributed by atoms with van der Waals surface area (Å²) in [6, 6.07) is 4.73. The summed E-state index contributed by atoms with van der Waals surface area (Å²) in [6.07, 6.45) is 2.75. The van der Waals surface area contributed by atoms with E-state index in [1.165, 1.54) is 12.1 Å². The van der Waals surface area contributed by atoms with Gasteiger partial charge in [0.05, 0.1) is 11.0 Å². The fourth-order valence-electron chi connectivity index (χ4n) is 2.99. The number of alkyl halides is 1. The summed E-state index contributed by atoms with van der Waals surface area (Å²) < 4.78 is 6.05. The SMILES string of the molecule is CCC1(CC)C(Cl)CC1Oc1cc([N+](=O)[O-])ccc1C. The number of benzene rings is 1. The van der Waals surface area contributed by atoms with Crippen molar-refractivity contribution in [2.45, 2.75) is 51.5 Å². The molecule has 1 aromatic carbocycles. The molecule has 2 atom stereocenters. The summed E-state index contributed by atoms with van der Waals surface area (Å²) in [5.74, 6) is 0.596. The minimum Gasteiger partial charge on any atom is -0.489 e. The van der Waals surface area contributed by atoms with Crippen LogP contribution in [0, 0.1) is 22.5 Å². The minimum absolute atomic E-state index is 0.0153. The Labute approximate surface area is 124 Å². The molecule has 2 unspecified atom stereocenters. The molecule has 110 valence electrons. The molecular weight excluding hydrogens is 278 g/mol. The van der Waals surface area contributed by atoms with Gasteiger partial charge in [0.25, 0.3) is 5.69 Å². The van der Waals surface area contributed by atoms with Crippen molar-refractivity contribution in [2.75, 3.05) is 0 Å². The molecule has 0 amide bonds. The number of hydrogen-bond donors (Lipinski definition) is 0. The highest BCUT2D eigenvalue weighted by Crippen LogP contribution is 2.52. The Balaban J connectivity index is 2.22. The minimum atomic E-state index is -0.398. The summed E-state index contributed by atoms with van der Waals surface area (Å²) >= 11 is 6.37. The first kappa shape index (κ1) is 15.1. The second-order valence-electron chi connectivity index (χ2n) is 5.46. The van der Waals surface area contributed by atoms with E-state index in [1.54, 1.807) is 6.07 Å². The molecule has 1 fully saturated rings. The van der Waals surface area contributed by atoms with Crippen LogP contribution in [0.5, 0.6) is 5.75 Å². The van der Waals surface area contributed by atoms with Crippen LogP contribution >= 0.6 is 11.6 Å². The summed E-state index contributed by atoms with van der Waals surface area (Å²) in [4.78, 5) is 10.5. The van der Waals surface area contributed by atoms with E-state index in [4.69, 9.17) is 16.3 Å². The lowest BCUT2D eigenvalue weighted by atomic mass is 9.62. The molecule has 0 bridgehead atoms. The number of nitrogens with zero attached hydrogens (tertiary/aromatic N) is 1. The fraction of sp³-hybridized carbons (Fsp3) is 0.600. The van der Waals surface area contributed by atoms with Gasteiger partial charge in [-0.15, -0.1) is 11.6 Å². The number of nitro groups is 1. The van der Waals surface area contributed by atoms with Crippen LogP contribution in [-0.4, -0.2) is 16.4 Å². The molecule has 0 N–H and O–H groups in total. The van der Waals surface area contributed by atoms with Gasteiger partial charge >= 0.3 is 0 Å². The highest BCUT2D eigenvalue weighted by atomic mass is 35.5. The summed E-state index contributed by atoms with van der Waals surface area (Å²) in [5.41, 5.74) is 0.958. The van der Waals surface area contributed by atoms with E-state index in [1.807, 2.05) is 6.92 Å². The third-order valence-electron chi connectivity index (χ3n) is 4.65. The average Bonchev–Trinajstić information content (AvgIpc) is 2.41. The van der Waals surface area contributed by atoms with Gasteiger partial charge in [-0.1, -0.05) is 13.8 Å². The maximum atomic E-state index is 10.9. The van der Waals surface area contributed by atoms with E-state index in [9.17, 15) is 10.1 Å². The number of rotatable bonds is 5. The quantitative estimate of drug-likeness (QED) is 0.458. The molecule has 5 heteroatoms. The van der Waals surface area contributed by atoms with E-state index in [0.717, 1.165) is 24.8 Å². The second kappa shape index (κ2) is 5.60. The zero-order valence-electron chi connectivity index (χ0n) is 12.1. The topological polar surface area (TPSA) is 52.4 Å². The van der Waals surface area contributed by atoms with Gasteiger partial charge < -0.3 is 4.74 Å². The summed E-state index contributed by atoms with van der Waals surface area (Å²) in [7, 11) is 0. The number of nitro benzene ring substituents is 1. The van der Waals surface area contributed by atoms with Crippen LogP contribution in [0.1, 0.15) is 38.7 Å². The largest absolute Gasteiger partial charge is 0.489 e. The van der Waals surface area contributed by atoms with Gasteiger partial charge in [0.1, 0.15) is 11.9 Å². The lowest BCUT2D eigenvalue weighted by Crippen LogP contribution is -2.56. The molecule has 0 radical (unpaired) electrons. The number of halogens is 1. The molecule has 0 aromatic heterocycles. The van der Waals surface area contributed by atoms with E-state index in [-0.39, 0.29) is 22.6 Å². The molecule has 20 heavy (non-hydrogen) atoms. The van der Waals surface area contributed by atoms with Crippen molar-refractivity contribution in [3.8, 4) is 5.75 Å². The third-order valence-corrected chi connectivity index (χ3v) is 5.27. The molecule has 1 saturated carbocycles. The van der Waals surface area contributed by atoms with Gasteiger partial charge in [-0.25, -0.2) is 0 Å². The van der Waals surface area contributed by atoms with Gasteiger partial charge in [0, 0.05) is 23.3 Å². The molecule has 2 rings (SSSR count). The van der Waals surface area contributed by atoms with Crippen LogP contribution in [0.4, 0.5) is 5.69 Å². The molecule has 1 aromatic rings. The fourth-order valence-corrected chi connectivity index (χ4v) is 3.61. The van der Waals surface area contributed by atoms with Crippen molar-refractivity contribution in [3.05, 3.63) is 33.9 Å². The van der Waals surface area contributed by atoms with Crippen molar-refractivity contribution < 1.29 is 9.66 Å². The van der Waals surface area contributed by atoms with Crippen molar-refractivity contribution in [1.82, 2.24) is 0 Å². The van der Waals surface area contributed by atoms with Crippen molar-refractivity contribution in [2.24, 2.45) is 5.41 Å². The molecule has 0 aliphatic heterocycles. The molecule has 1 aliphatic carbocycles. The zero-order chi connectivity index (χ0) is 14.9. The Morgan fingerprint density at radius 3 is 2.60 bits per heavy atom. The number of hydrogen-bond acceptors (Lipinski definition) is 3. The lowest BCUT2D eigenvalue weighted by Gasteiger charge is -2.52. The predicted molar refractivity (Wildman–Crippen MR) is 79.5 cm³/mol. The normalized spacial score (nSPS) is 24.0. The molecule has 0 saturated heterocycles. The maximum Gasteiger partial charge on any atom is 0.273 e. The zero-order valence-corrected chi connectivity index (χ0v) is 12.8. The van der Waals surface area contributed by atoms with Crippen LogP contribution in [0.25, 0.3) is 0 Å². The van der Waals surface area contributed by atoms with Crippen LogP contribution in [0.2, 0.25) is 0 Å². The van der Waals surface area contributed by atoms with Gasteiger partial charge in [-0.05, 0) is 31.4 Å². The lowest BCUT2D eigenvalue weighted by molar-refractivity contribution is -0.385. The van der Waals surface area contributed by atoms with E-state index in [0.29, 0.717) is 5.75 Å². The monoisotopic (exact) mass is 297 g/mol. The van der Waals surface area contributed by atoms with Crippen molar-refractivity contribution >= 4 is 17.3 Å². The Morgan fingerprint density at radius 2 is 2.10 bits per heavy atom. The highest BCUT2D eigenvalue weighted by Gasteiger charge is 2.53. The van der Waals surface area contributed by atoms with Crippen LogP contribution in [0.3, 0.4) is 0 Å². The Morgan fingerprint density at radius 1 is 1.45 bits per heavy atom. The molecule has 4 nitrogen and oxygen atoms in total. The maximum absolute atomic E-state index is 10.9. The van der Waals surface area contributed by atoms with E-state index < -0.39 is 4.92 Å². The Bertz CT molecular complexity index is 514. The first-order chi connectivity index (χ1) is 9.44. The molecule has 1 aliphatic rings. The van der Waals surface area contributed by atoms with E-state index >= 15 is 0 Å². The molecule has 0 spiro atoms. The number of aryl methyl sites for hydroxylation is 1. The second-order valence-corrected chi connectivity index (χ2v) is 5.98. The average molecular weight is 298 g/mol. The predicted octanol–water partition coefficient (Wildman–Crippen LogP) is 4.47. The first-order valence-corrected chi connectivity index (χ1v) is 7.44. The Hall–Kier alpha value is -1.29. The standard InChI is InChI=1S/C15H20ClNO3/c1-4-15(5-2)13(16)9-14(15)20-12-8-11(17(18)19)7-6-10(12)3/h6-8,13-14H,4-5,9H2,1-3H3. The Kier molecular flexibility index (Phi) is 4.23. The van der Waals surface area contributed by atoms with Crippen molar-refractivity contribution in [3.63, 3.8) is 0 Å². The summed E-state index contributed by atoms with van der Waals surface area (Å²) in [5, 5.41) is 11.0. The van der Waals surface area contributed by atoms with Gasteiger partial charge in [-0.2, -0.15) is 0 Å². The number of ether oxygens (including phenoxy) is 1. The first-order valence-electron chi connectivity index (χ1n) is 7.00.